The van der Waals surface area contributed by atoms with E-state index in [-0.39, 0.29) is 11.5 Å². The fourth-order valence-electron chi connectivity index (χ4n) is 2.34. The smallest absolute Gasteiger partial charge is 0.297 e. The normalized spacial score (nSPS) is 18.6. The number of rotatable bonds is 4. The van der Waals surface area contributed by atoms with Crippen molar-refractivity contribution in [2.45, 2.75) is 18.2 Å². The topological polar surface area (TPSA) is 43.4 Å². The van der Waals surface area contributed by atoms with Crippen molar-refractivity contribution in [3.8, 4) is 0 Å². The van der Waals surface area contributed by atoms with E-state index in [0.717, 1.165) is 35.1 Å². The monoisotopic (exact) mass is 296 g/mol. The lowest BCUT2D eigenvalue weighted by atomic mass is 10.1. The van der Waals surface area contributed by atoms with Crippen LogP contribution < -0.4 is 0 Å². The van der Waals surface area contributed by atoms with Crippen LogP contribution in [0.2, 0.25) is 0 Å². The van der Waals surface area contributed by atoms with Gasteiger partial charge < -0.3 is 4.48 Å². The Labute approximate surface area is 121 Å². The first kappa shape index (κ1) is 15.2. The summed E-state index contributed by atoms with van der Waals surface area (Å²) < 4.78 is 30.2. The molecule has 0 saturated heterocycles. The van der Waals surface area contributed by atoms with E-state index in [1.165, 1.54) is 0 Å². The minimum absolute atomic E-state index is 0.151. The number of benzene rings is 1. The predicted octanol–water partition coefficient (Wildman–Crippen LogP) is 2.11. The Hall–Kier alpha value is -1.17. The van der Waals surface area contributed by atoms with Crippen molar-refractivity contribution < 1.29 is 17.1 Å². The zero-order chi connectivity index (χ0) is 14.8. The molecule has 1 aromatic rings. The third kappa shape index (κ3) is 3.91. The van der Waals surface area contributed by atoms with E-state index in [9.17, 15) is 8.42 Å². The van der Waals surface area contributed by atoms with Crippen LogP contribution >= 0.6 is 0 Å². The average Bonchev–Trinajstić information content (AvgIpc) is 2.36. The fraction of sp³-hybridized carbons (Fsp3) is 0.467. The Morgan fingerprint density at radius 3 is 2.45 bits per heavy atom. The van der Waals surface area contributed by atoms with Gasteiger partial charge in [-0.2, -0.15) is 8.42 Å². The molecule has 0 aromatic heterocycles. The first-order valence-corrected chi connectivity index (χ1v) is 8.15. The van der Waals surface area contributed by atoms with Gasteiger partial charge in [0, 0.05) is 12.0 Å². The van der Waals surface area contributed by atoms with Gasteiger partial charge in [-0.05, 0) is 19.1 Å². The zero-order valence-electron chi connectivity index (χ0n) is 12.3. The van der Waals surface area contributed by atoms with Gasteiger partial charge in [0.05, 0.1) is 32.1 Å². The standard InChI is InChI=1S/C15H22NO3S/c1-13-6-8-15(9-7-13)20(17,18)19-12-14-5-4-10-16(2,3)11-14/h5-9H,4,10-12H2,1-3H3/q+1. The Balaban J connectivity index is 2.03. The molecule has 0 fully saturated rings. The maximum Gasteiger partial charge on any atom is 0.297 e. The summed E-state index contributed by atoms with van der Waals surface area (Å²) >= 11 is 0. The van der Waals surface area contributed by atoms with E-state index in [2.05, 4.69) is 20.2 Å². The Morgan fingerprint density at radius 1 is 1.20 bits per heavy atom. The van der Waals surface area contributed by atoms with Gasteiger partial charge in [-0.1, -0.05) is 23.8 Å². The minimum Gasteiger partial charge on any atom is -0.325 e. The summed E-state index contributed by atoms with van der Waals surface area (Å²) in [6.45, 7) is 3.99. The molecular weight excluding hydrogens is 274 g/mol. The summed E-state index contributed by atoms with van der Waals surface area (Å²) in [6.07, 6.45) is 3.06. The third-order valence-corrected chi connectivity index (χ3v) is 4.79. The lowest BCUT2D eigenvalue weighted by Gasteiger charge is -2.33. The van der Waals surface area contributed by atoms with Gasteiger partial charge in [0.1, 0.15) is 6.54 Å². The summed E-state index contributed by atoms with van der Waals surface area (Å²) in [5.41, 5.74) is 2.08. The van der Waals surface area contributed by atoms with E-state index in [1.807, 2.05) is 6.92 Å². The van der Waals surface area contributed by atoms with E-state index < -0.39 is 10.1 Å². The largest absolute Gasteiger partial charge is 0.325 e. The Morgan fingerprint density at radius 2 is 1.85 bits per heavy atom. The maximum absolute atomic E-state index is 12.1. The first-order chi connectivity index (χ1) is 9.28. The quantitative estimate of drug-likeness (QED) is 0.485. The van der Waals surface area contributed by atoms with Gasteiger partial charge in [-0.15, -0.1) is 0 Å². The van der Waals surface area contributed by atoms with Crippen molar-refractivity contribution >= 4 is 10.1 Å². The molecule has 5 heteroatoms. The van der Waals surface area contributed by atoms with Crippen molar-refractivity contribution in [2.75, 3.05) is 33.8 Å². The second kappa shape index (κ2) is 5.68. The van der Waals surface area contributed by atoms with Gasteiger partial charge >= 0.3 is 0 Å². The molecule has 0 atom stereocenters. The molecule has 0 unspecified atom stereocenters. The van der Waals surface area contributed by atoms with Gasteiger partial charge in [0.2, 0.25) is 0 Å². The lowest BCUT2D eigenvalue weighted by Crippen LogP contribution is -2.44. The minimum atomic E-state index is -3.66. The Kier molecular flexibility index (Phi) is 4.32. The van der Waals surface area contributed by atoms with E-state index in [1.54, 1.807) is 24.3 Å². The average molecular weight is 296 g/mol. The van der Waals surface area contributed by atoms with Crippen LogP contribution in [0.25, 0.3) is 0 Å². The van der Waals surface area contributed by atoms with Crippen LogP contribution in [-0.4, -0.2) is 46.7 Å². The van der Waals surface area contributed by atoms with Gasteiger partial charge in [0.15, 0.2) is 0 Å². The third-order valence-electron chi connectivity index (χ3n) is 3.51. The van der Waals surface area contributed by atoms with Crippen molar-refractivity contribution in [1.82, 2.24) is 0 Å². The summed E-state index contributed by atoms with van der Waals surface area (Å²) in [6, 6.07) is 6.71. The molecule has 0 radical (unpaired) electrons. The number of aryl methyl sites for hydroxylation is 1. The molecule has 4 nitrogen and oxygen atoms in total. The number of likely N-dealkylation sites (N-methyl/N-ethyl adjacent to an activating group) is 1. The first-order valence-electron chi connectivity index (χ1n) is 6.75. The molecule has 2 rings (SSSR count). The molecule has 0 spiro atoms. The number of nitrogens with zero attached hydrogens (tertiary/aromatic N) is 1. The van der Waals surface area contributed by atoms with Crippen LogP contribution in [0.4, 0.5) is 0 Å². The molecular formula is C15H22NO3S+. The molecule has 1 aliphatic rings. The summed E-state index contributed by atoms with van der Waals surface area (Å²) in [5.74, 6) is 0. The van der Waals surface area contributed by atoms with Gasteiger partial charge in [0.25, 0.3) is 10.1 Å². The van der Waals surface area contributed by atoms with E-state index in [4.69, 9.17) is 4.18 Å². The van der Waals surface area contributed by atoms with Crippen LogP contribution in [0.1, 0.15) is 12.0 Å². The van der Waals surface area contributed by atoms with Gasteiger partial charge in [-0.25, -0.2) is 0 Å². The molecule has 0 amide bonds. The van der Waals surface area contributed by atoms with E-state index in [0.29, 0.717) is 0 Å². The van der Waals surface area contributed by atoms with Crippen LogP contribution in [-0.2, 0) is 14.3 Å². The lowest BCUT2D eigenvalue weighted by molar-refractivity contribution is -0.887. The summed E-state index contributed by atoms with van der Waals surface area (Å²) in [5, 5.41) is 0. The molecule has 0 saturated carbocycles. The van der Waals surface area contributed by atoms with E-state index >= 15 is 0 Å². The molecule has 0 N–H and O–H groups in total. The summed E-state index contributed by atoms with van der Waals surface area (Å²) in [4.78, 5) is 0.216. The highest BCUT2D eigenvalue weighted by Crippen LogP contribution is 2.18. The second-order valence-corrected chi connectivity index (χ2v) is 7.61. The maximum atomic E-state index is 12.1. The van der Waals surface area contributed by atoms with Crippen molar-refractivity contribution in [3.05, 3.63) is 41.5 Å². The van der Waals surface area contributed by atoms with Crippen LogP contribution in [0.15, 0.2) is 40.8 Å². The molecule has 110 valence electrons. The molecule has 20 heavy (non-hydrogen) atoms. The van der Waals surface area contributed by atoms with Crippen molar-refractivity contribution in [2.24, 2.45) is 0 Å². The molecule has 1 aromatic carbocycles. The highest BCUT2D eigenvalue weighted by molar-refractivity contribution is 7.86. The predicted molar refractivity (Wildman–Crippen MR) is 78.9 cm³/mol. The highest BCUT2D eigenvalue weighted by atomic mass is 32.2. The number of quaternary nitrogens is 1. The molecule has 1 aliphatic heterocycles. The van der Waals surface area contributed by atoms with Crippen LogP contribution in [0, 0.1) is 6.92 Å². The summed E-state index contributed by atoms with van der Waals surface area (Å²) in [7, 11) is 0.619. The molecule has 0 aliphatic carbocycles. The Bertz CT molecular complexity index is 601. The van der Waals surface area contributed by atoms with Crippen LogP contribution in [0.3, 0.4) is 0 Å². The van der Waals surface area contributed by atoms with Gasteiger partial charge in [-0.3, -0.25) is 4.18 Å². The SMILES string of the molecule is Cc1ccc(S(=O)(=O)OCC2=CCC[N+](C)(C)C2)cc1. The zero-order valence-corrected chi connectivity index (χ0v) is 13.1. The molecule has 1 heterocycles. The second-order valence-electron chi connectivity index (χ2n) is 6.00. The van der Waals surface area contributed by atoms with Crippen LogP contribution in [0.5, 0.6) is 0 Å². The highest BCUT2D eigenvalue weighted by Gasteiger charge is 2.23. The van der Waals surface area contributed by atoms with Crippen molar-refractivity contribution in [1.29, 1.82) is 0 Å². The number of hydrogen-bond acceptors (Lipinski definition) is 3. The number of hydrogen-bond donors (Lipinski definition) is 0. The fourth-order valence-corrected chi connectivity index (χ4v) is 3.25. The molecule has 0 bridgehead atoms. The van der Waals surface area contributed by atoms with Crippen molar-refractivity contribution in [3.63, 3.8) is 0 Å².